The molecule has 0 aromatic heterocycles. The predicted octanol–water partition coefficient (Wildman–Crippen LogP) is 0.526. The highest BCUT2D eigenvalue weighted by Crippen LogP contribution is 2.10. The first-order valence-electron chi connectivity index (χ1n) is 6.60. The molecule has 2 N–H and O–H groups in total. The second kappa shape index (κ2) is 6.71. The number of nitrogens with zero attached hydrogens (tertiary/aromatic N) is 1. The van der Waals surface area contributed by atoms with Crippen molar-refractivity contribution in [1.29, 1.82) is 0 Å². The fraction of sp³-hybridized carbons (Fsp3) is 0.357. The molecule has 1 heterocycles. The first-order chi connectivity index (χ1) is 9.99. The number of hydrogen-bond donors (Lipinski definition) is 2. The van der Waals surface area contributed by atoms with Gasteiger partial charge in [-0.25, -0.2) is 0 Å². The normalized spacial score (nSPS) is 18.1. The lowest BCUT2D eigenvalue weighted by Gasteiger charge is -2.32. The van der Waals surface area contributed by atoms with Crippen LogP contribution in [0, 0.1) is 0 Å². The van der Waals surface area contributed by atoms with Gasteiger partial charge in [-0.1, -0.05) is 15.9 Å². The molecule has 1 aliphatic heterocycles. The highest BCUT2D eigenvalue weighted by Gasteiger charge is 2.29. The van der Waals surface area contributed by atoms with Crippen LogP contribution in [0.3, 0.4) is 0 Å². The van der Waals surface area contributed by atoms with Crippen LogP contribution < -0.4 is 10.6 Å². The lowest BCUT2D eigenvalue weighted by Crippen LogP contribution is -2.57. The minimum Gasteiger partial charge on any atom is -0.353 e. The van der Waals surface area contributed by atoms with Crippen molar-refractivity contribution in [3.05, 3.63) is 34.3 Å². The topological polar surface area (TPSA) is 78.5 Å². The van der Waals surface area contributed by atoms with E-state index in [-0.39, 0.29) is 24.3 Å². The van der Waals surface area contributed by atoms with Crippen LogP contribution >= 0.6 is 15.9 Å². The van der Waals surface area contributed by atoms with Crippen LogP contribution in [0.15, 0.2) is 28.7 Å². The molecule has 21 heavy (non-hydrogen) atoms. The largest absolute Gasteiger partial charge is 0.353 e. The van der Waals surface area contributed by atoms with Crippen LogP contribution in [0.4, 0.5) is 0 Å². The standard InChI is InChI=1S/C14H16BrN3O3/c1-9-13(20)16-6-7-18(9)12(19)8-17-14(21)10-2-4-11(15)5-3-10/h2-5,9H,6-8H2,1H3,(H,16,20)(H,17,21). The highest BCUT2D eigenvalue weighted by atomic mass is 79.9. The molecule has 0 spiro atoms. The van der Waals surface area contributed by atoms with E-state index < -0.39 is 6.04 Å². The smallest absolute Gasteiger partial charge is 0.251 e. The summed E-state index contributed by atoms with van der Waals surface area (Å²) in [5.41, 5.74) is 0.482. The SMILES string of the molecule is CC1C(=O)NCCN1C(=O)CNC(=O)c1ccc(Br)cc1. The van der Waals surface area contributed by atoms with Gasteiger partial charge in [0.05, 0.1) is 6.54 Å². The van der Waals surface area contributed by atoms with Gasteiger partial charge in [0.1, 0.15) is 6.04 Å². The van der Waals surface area contributed by atoms with Gasteiger partial charge in [-0.2, -0.15) is 0 Å². The number of carbonyl (C=O) groups is 3. The summed E-state index contributed by atoms with van der Waals surface area (Å²) in [5, 5.41) is 5.26. The maximum Gasteiger partial charge on any atom is 0.251 e. The minimum absolute atomic E-state index is 0.119. The summed E-state index contributed by atoms with van der Waals surface area (Å²) < 4.78 is 0.878. The van der Waals surface area contributed by atoms with Crippen molar-refractivity contribution in [2.75, 3.05) is 19.6 Å². The van der Waals surface area contributed by atoms with E-state index in [0.29, 0.717) is 18.7 Å². The molecule has 0 saturated carbocycles. The molecule has 6 nitrogen and oxygen atoms in total. The maximum atomic E-state index is 12.1. The van der Waals surface area contributed by atoms with Gasteiger partial charge in [0.15, 0.2) is 0 Å². The number of rotatable bonds is 3. The van der Waals surface area contributed by atoms with E-state index in [1.165, 1.54) is 4.90 Å². The maximum absolute atomic E-state index is 12.1. The molecule has 1 atom stereocenters. The van der Waals surface area contributed by atoms with E-state index in [4.69, 9.17) is 0 Å². The Balaban J connectivity index is 1.90. The van der Waals surface area contributed by atoms with Gasteiger partial charge >= 0.3 is 0 Å². The Morgan fingerprint density at radius 1 is 1.38 bits per heavy atom. The van der Waals surface area contributed by atoms with Crippen LogP contribution in [0.1, 0.15) is 17.3 Å². The van der Waals surface area contributed by atoms with Crippen molar-refractivity contribution in [3.8, 4) is 0 Å². The molecule has 1 unspecified atom stereocenters. The summed E-state index contributed by atoms with van der Waals surface area (Å²) in [4.78, 5) is 37.0. The summed E-state index contributed by atoms with van der Waals surface area (Å²) in [6, 6.07) is 6.35. The molecule has 112 valence electrons. The first-order valence-corrected chi connectivity index (χ1v) is 7.39. The number of nitrogens with one attached hydrogen (secondary N) is 2. The molecule has 1 fully saturated rings. The van der Waals surface area contributed by atoms with Crippen LogP contribution in [-0.4, -0.2) is 48.3 Å². The monoisotopic (exact) mass is 353 g/mol. The Morgan fingerprint density at radius 3 is 2.71 bits per heavy atom. The molecule has 1 aromatic rings. The van der Waals surface area contributed by atoms with E-state index in [0.717, 1.165) is 4.47 Å². The number of amides is 3. The second-order valence-corrected chi connectivity index (χ2v) is 5.66. The Hall–Kier alpha value is -1.89. The molecular formula is C14H16BrN3O3. The zero-order valence-corrected chi connectivity index (χ0v) is 13.1. The third kappa shape index (κ3) is 3.81. The number of carbonyl (C=O) groups excluding carboxylic acids is 3. The minimum atomic E-state index is -0.504. The number of halogens is 1. The Bertz CT molecular complexity index is 559. The number of hydrogen-bond acceptors (Lipinski definition) is 3. The Labute approximate surface area is 131 Å². The molecule has 2 rings (SSSR count). The molecule has 7 heteroatoms. The second-order valence-electron chi connectivity index (χ2n) is 4.74. The van der Waals surface area contributed by atoms with Gasteiger partial charge < -0.3 is 15.5 Å². The van der Waals surface area contributed by atoms with E-state index in [1.807, 2.05) is 0 Å². The fourth-order valence-electron chi connectivity index (χ4n) is 2.08. The molecule has 3 amide bonds. The van der Waals surface area contributed by atoms with E-state index in [9.17, 15) is 14.4 Å². The summed E-state index contributed by atoms with van der Waals surface area (Å²) in [7, 11) is 0. The fourth-order valence-corrected chi connectivity index (χ4v) is 2.35. The molecule has 1 aromatic carbocycles. The molecule has 0 aliphatic carbocycles. The quantitative estimate of drug-likeness (QED) is 0.831. The molecule has 1 aliphatic rings. The Morgan fingerprint density at radius 2 is 2.05 bits per heavy atom. The summed E-state index contributed by atoms with van der Waals surface area (Å²) in [6.07, 6.45) is 0. The van der Waals surface area contributed by atoms with Crippen molar-refractivity contribution in [2.24, 2.45) is 0 Å². The van der Waals surface area contributed by atoms with Gasteiger partial charge in [-0.15, -0.1) is 0 Å². The summed E-state index contributed by atoms with van der Waals surface area (Å²) >= 11 is 3.29. The van der Waals surface area contributed by atoms with Crippen LogP contribution in [0.5, 0.6) is 0 Å². The van der Waals surface area contributed by atoms with Crippen molar-refractivity contribution < 1.29 is 14.4 Å². The Kier molecular flexibility index (Phi) is 4.95. The van der Waals surface area contributed by atoms with Gasteiger partial charge in [0.25, 0.3) is 5.91 Å². The zero-order chi connectivity index (χ0) is 15.4. The summed E-state index contributed by atoms with van der Waals surface area (Å²) in [5.74, 6) is -0.749. The molecule has 1 saturated heterocycles. The van der Waals surface area contributed by atoms with Crippen LogP contribution in [0.2, 0.25) is 0 Å². The number of piperazine rings is 1. The van der Waals surface area contributed by atoms with Crippen LogP contribution in [-0.2, 0) is 9.59 Å². The van der Waals surface area contributed by atoms with E-state index >= 15 is 0 Å². The average Bonchev–Trinajstić information content (AvgIpc) is 2.48. The third-order valence-corrected chi connectivity index (χ3v) is 3.85. The van der Waals surface area contributed by atoms with Crippen LogP contribution in [0.25, 0.3) is 0 Å². The van der Waals surface area contributed by atoms with E-state index in [2.05, 4.69) is 26.6 Å². The lowest BCUT2D eigenvalue weighted by atomic mass is 10.2. The van der Waals surface area contributed by atoms with Crippen molar-refractivity contribution in [2.45, 2.75) is 13.0 Å². The number of benzene rings is 1. The van der Waals surface area contributed by atoms with Crippen molar-refractivity contribution in [3.63, 3.8) is 0 Å². The molecular weight excluding hydrogens is 338 g/mol. The van der Waals surface area contributed by atoms with Gasteiger partial charge in [0.2, 0.25) is 11.8 Å². The predicted molar refractivity (Wildman–Crippen MR) is 80.7 cm³/mol. The lowest BCUT2D eigenvalue weighted by molar-refractivity contribution is -0.141. The average molecular weight is 354 g/mol. The third-order valence-electron chi connectivity index (χ3n) is 3.33. The van der Waals surface area contributed by atoms with E-state index in [1.54, 1.807) is 31.2 Å². The molecule has 0 radical (unpaired) electrons. The zero-order valence-electron chi connectivity index (χ0n) is 11.6. The van der Waals surface area contributed by atoms with Crippen molar-refractivity contribution >= 4 is 33.7 Å². The van der Waals surface area contributed by atoms with Gasteiger partial charge in [-0.05, 0) is 31.2 Å². The van der Waals surface area contributed by atoms with Crippen molar-refractivity contribution in [1.82, 2.24) is 15.5 Å². The van der Waals surface area contributed by atoms with Gasteiger partial charge in [-0.3, -0.25) is 14.4 Å². The highest BCUT2D eigenvalue weighted by molar-refractivity contribution is 9.10. The summed E-state index contributed by atoms with van der Waals surface area (Å²) in [6.45, 7) is 2.45. The van der Waals surface area contributed by atoms with Gasteiger partial charge in [0, 0.05) is 23.1 Å². The molecule has 0 bridgehead atoms. The first kappa shape index (κ1) is 15.5.